The SMILES string of the molecule is CCNc1ncnc(N(CCC#N)CCOC)c1CC. The Kier molecular flexibility index (Phi) is 7.36. The van der Waals surface area contributed by atoms with Gasteiger partial charge in [-0.05, 0) is 13.3 Å². The minimum atomic E-state index is 0.466. The molecule has 0 saturated carbocycles. The molecule has 0 unspecified atom stereocenters. The molecule has 0 aliphatic carbocycles. The fraction of sp³-hybridized carbons (Fsp3) is 0.643. The van der Waals surface area contributed by atoms with Crippen LogP contribution in [0.1, 0.15) is 25.8 Å². The second kappa shape index (κ2) is 9.10. The van der Waals surface area contributed by atoms with Gasteiger partial charge in [-0.1, -0.05) is 6.92 Å². The van der Waals surface area contributed by atoms with Gasteiger partial charge >= 0.3 is 0 Å². The number of nitrogens with one attached hydrogen (secondary N) is 1. The summed E-state index contributed by atoms with van der Waals surface area (Å²) in [7, 11) is 1.67. The van der Waals surface area contributed by atoms with E-state index in [0.717, 1.165) is 30.2 Å². The molecule has 110 valence electrons. The first-order chi connectivity index (χ1) is 9.78. The Morgan fingerprint density at radius 2 is 2.15 bits per heavy atom. The van der Waals surface area contributed by atoms with E-state index in [1.807, 2.05) is 6.92 Å². The van der Waals surface area contributed by atoms with E-state index in [2.05, 4.69) is 33.2 Å². The highest BCUT2D eigenvalue weighted by Gasteiger charge is 2.15. The Morgan fingerprint density at radius 1 is 1.35 bits per heavy atom. The third-order valence-electron chi connectivity index (χ3n) is 2.98. The molecule has 1 N–H and O–H groups in total. The highest BCUT2D eigenvalue weighted by Crippen LogP contribution is 2.24. The Bertz CT molecular complexity index is 444. The number of aromatic nitrogens is 2. The Labute approximate surface area is 120 Å². The standard InChI is InChI=1S/C14H23N5O/c1-4-12-13(16-5-2)17-11-18-14(12)19(8-6-7-15)9-10-20-3/h11H,4-6,8-10H2,1-3H3,(H,16,17,18). The van der Waals surface area contributed by atoms with Crippen LogP contribution in [-0.4, -0.2) is 43.3 Å². The maximum absolute atomic E-state index is 8.80. The number of methoxy groups -OCH3 is 1. The van der Waals surface area contributed by atoms with Gasteiger partial charge in [0.15, 0.2) is 0 Å². The van der Waals surface area contributed by atoms with Crippen molar-refractivity contribution in [3.63, 3.8) is 0 Å². The summed E-state index contributed by atoms with van der Waals surface area (Å²) in [6.45, 7) is 6.92. The molecule has 0 aliphatic heterocycles. The van der Waals surface area contributed by atoms with E-state index in [4.69, 9.17) is 10.00 Å². The van der Waals surface area contributed by atoms with Crippen LogP contribution < -0.4 is 10.2 Å². The highest BCUT2D eigenvalue weighted by atomic mass is 16.5. The molecule has 0 saturated heterocycles. The fourth-order valence-corrected chi connectivity index (χ4v) is 2.03. The van der Waals surface area contributed by atoms with E-state index < -0.39 is 0 Å². The molecule has 0 amide bonds. The van der Waals surface area contributed by atoms with Crippen LogP contribution in [0.15, 0.2) is 6.33 Å². The fourth-order valence-electron chi connectivity index (χ4n) is 2.03. The average Bonchev–Trinajstić information content (AvgIpc) is 2.47. The van der Waals surface area contributed by atoms with Gasteiger partial charge in [-0.3, -0.25) is 0 Å². The first-order valence-corrected chi connectivity index (χ1v) is 6.97. The van der Waals surface area contributed by atoms with Crippen molar-refractivity contribution in [2.45, 2.75) is 26.7 Å². The van der Waals surface area contributed by atoms with Crippen LogP contribution in [0.2, 0.25) is 0 Å². The molecule has 20 heavy (non-hydrogen) atoms. The molecule has 1 heterocycles. The Morgan fingerprint density at radius 3 is 2.75 bits per heavy atom. The molecule has 0 spiro atoms. The van der Waals surface area contributed by atoms with Crippen LogP contribution in [0.3, 0.4) is 0 Å². The van der Waals surface area contributed by atoms with Gasteiger partial charge in [0.25, 0.3) is 0 Å². The normalized spacial score (nSPS) is 10.1. The monoisotopic (exact) mass is 277 g/mol. The van der Waals surface area contributed by atoms with E-state index in [1.165, 1.54) is 0 Å². The lowest BCUT2D eigenvalue weighted by molar-refractivity contribution is 0.205. The zero-order chi connectivity index (χ0) is 14.8. The summed E-state index contributed by atoms with van der Waals surface area (Å²) in [4.78, 5) is 10.8. The molecule has 6 nitrogen and oxygen atoms in total. The van der Waals surface area contributed by atoms with Gasteiger partial charge < -0.3 is 15.0 Å². The predicted molar refractivity (Wildman–Crippen MR) is 79.9 cm³/mol. The second-order valence-corrected chi connectivity index (χ2v) is 4.30. The Hall–Kier alpha value is -1.87. The van der Waals surface area contributed by atoms with Crippen molar-refractivity contribution in [3.8, 4) is 6.07 Å². The van der Waals surface area contributed by atoms with Crippen LogP contribution in [0.4, 0.5) is 11.6 Å². The van der Waals surface area contributed by atoms with Crippen molar-refractivity contribution in [1.29, 1.82) is 5.26 Å². The zero-order valence-corrected chi connectivity index (χ0v) is 12.5. The number of ether oxygens (including phenoxy) is 1. The van der Waals surface area contributed by atoms with Gasteiger partial charge in [0.05, 0.1) is 19.1 Å². The van der Waals surface area contributed by atoms with Crippen molar-refractivity contribution in [2.75, 3.05) is 43.6 Å². The first-order valence-electron chi connectivity index (χ1n) is 6.97. The van der Waals surface area contributed by atoms with Gasteiger partial charge in [-0.15, -0.1) is 0 Å². The second-order valence-electron chi connectivity index (χ2n) is 4.30. The quantitative estimate of drug-likeness (QED) is 0.742. The largest absolute Gasteiger partial charge is 0.383 e. The highest BCUT2D eigenvalue weighted by molar-refractivity contribution is 5.58. The van der Waals surface area contributed by atoms with Gasteiger partial charge in [-0.25, -0.2) is 9.97 Å². The minimum absolute atomic E-state index is 0.466. The maximum Gasteiger partial charge on any atom is 0.137 e. The van der Waals surface area contributed by atoms with Crippen LogP contribution >= 0.6 is 0 Å². The van der Waals surface area contributed by atoms with Crippen molar-refractivity contribution in [2.24, 2.45) is 0 Å². The molecule has 0 aliphatic rings. The first kappa shape index (κ1) is 16.2. The summed E-state index contributed by atoms with van der Waals surface area (Å²) >= 11 is 0. The van der Waals surface area contributed by atoms with Gasteiger partial charge in [0.1, 0.15) is 18.0 Å². The topological polar surface area (TPSA) is 74.1 Å². The summed E-state index contributed by atoms with van der Waals surface area (Å²) in [6, 6.07) is 2.18. The average molecular weight is 277 g/mol. The minimum Gasteiger partial charge on any atom is -0.383 e. The van der Waals surface area contributed by atoms with Gasteiger partial charge in [0.2, 0.25) is 0 Å². The number of anilines is 2. The van der Waals surface area contributed by atoms with Gasteiger partial charge in [0, 0.05) is 32.3 Å². The smallest absolute Gasteiger partial charge is 0.137 e. The third-order valence-corrected chi connectivity index (χ3v) is 2.98. The molecule has 1 aromatic rings. The molecular weight excluding hydrogens is 254 g/mol. The summed E-state index contributed by atoms with van der Waals surface area (Å²) in [5.41, 5.74) is 1.09. The van der Waals surface area contributed by atoms with E-state index >= 15 is 0 Å². The summed E-state index contributed by atoms with van der Waals surface area (Å²) in [5.74, 6) is 1.77. The van der Waals surface area contributed by atoms with Crippen molar-refractivity contribution in [1.82, 2.24) is 9.97 Å². The lowest BCUT2D eigenvalue weighted by Gasteiger charge is -2.25. The van der Waals surface area contributed by atoms with E-state index in [9.17, 15) is 0 Å². The van der Waals surface area contributed by atoms with Crippen LogP contribution in [0, 0.1) is 11.3 Å². The molecule has 0 fully saturated rings. The van der Waals surface area contributed by atoms with Crippen molar-refractivity contribution in [3.05, 3.63) is 11.9 Å². The Balaban J connectivity index is 3.04. The van der Waals surface area contributed by atoms with E-state index in [1.54, 1.807) is 13.4 Å². The van der Waals surface area contributed by atoms with Crippen LogP contribution in [0.25, 0.3) is 0 Å². The number of hydrogen-bond donors (Lipinski definition) is 1. The summed E-state index contributed by atoms with van der Waals surface area (Å²) in [5, 5.41) is 12.1. The zero-order valence-electron chi connectivity index (χ0n) is 12.5. The van der Waals surface area contributed by atoms with Crippen LogP contribution in [-0.2, 0) is 11.2 Å². The number of rotatable bonds is 9. The summed E-state index contributed by atoms with van der Waals surface area (Å²) < 4.78 is 5.14. The van der Waals surface area contributed by atoms with Crippen molar-refractivity contribution >= 4 is 11.6 Å². The van der Waals surface area contributed by atoms with Crippen LogP contribution in [0.5, 0.6) is 0 Å². The molecule has 0 radical (unpaired) electrons. The molecule has 0 atom stereocenters. The predicted octanol–water partition coefficient (Wildman–Crippen LogP) is 1.84. The van der Waals surface area contributed by atoms with E-state index in [-0.39, 0.29) is 0 Å². The summed E-state index contributed by atoms with van der Waals surface area (Å²) in [6.07, 6.45) is 2.88. The molecule has 6 heteroatoms. The molecule has 0 aromatic carbocycles. The van der Waals surface area contributed by atoms with Crippen molar-refractivity contribution < 1.29 is 4.74 Å². The van der Waals surface area contributed by atoms with Gasteiger partial charge in [-0.2, -0.15) is 5.26 Å². The number of nitriles is 1. The molecular formula is C14H23N5O. The molecule has 0 bridgehead atoms. The number of hydrogen-bond acceptors (Lipinski definition) is 6. The lowest BCUT2D eigenvalue weighted by Crippen LogP contribution is -2.30. The molecule has 1 rings (SSSR count). The third kappa shape index (κ3) is 4.35. The lowest BCUT2D eigenvalue weighted by atomic mass is 10.2. The number of nitrogens with zero attached hydrogens (tertiary/aromatic N) is 4. The van der Waals surface area contributed by atoms with E-state index in [0.29, 0.717) is 26.1 Å². The maximum atomic E-state index is 8.80. The molecule has 1 aromatic heterocycles.